The average Bonchev–Trinajstić information content (AvgIpc) is 3.60. The van der Waals surface area contributed by atoms with Gasteiger partial charge in [-0.2, -0.15) is 0 Å². The number of carbonyl (C=O) groups excluding carboxylic acids is 4. The summed E-state index contributed by atoms with van der Waals surface area (Å²) in [5, 5.41) is 13.2. The zero-order chi connectivity index (χ0) is 56.8. The van der Waals surface area contributed by atoms with Crippen LogP contribution in [-0.2, 0) is 44.6 Å². The molecule has 1 saturated heterocycles. The Labute approximate surface area is 488 Å². The van der Waals surface area contributed by atoms with Gasteiger partial charge < -0.3 is 24.9 Å². The van der Waals surface area contributed by atoms with Crippen molar-refractivity contribution in [1.82, 2.24) is 15.2 Å². The van der Waals surface area contributed by atoms with Crippen molar-refractivity contribution in [2.75, 3.05) is 11.1 Å². The van der Waals surface area contributed by atoms with Gasteiger partial charge in [-0.25, -0.2) is 14.6 Å². The predicted molar refractivity (Wildman–Crippen MR) is 323 cm³/mol. The highest BCUT2D eigenvalue weighted by molar-refractivity contribution is 8.00. The Hall–Kier alpha value is -9.89. The maximum absolute atomic E-state index is 15.6. The first-order valence-corrected chi connectivity index (χ1v) is 28.9. The van der Waals surface area contributed by atoms with Crippen molar-refractivity contribution < 1.29 is 33.5 Å². The molecule has 0 aliphatic carbocycles. The Balaban J connectivity index is 0.944. The van der Waals surface area contributed by atoms with E-state index in [4.69, 9.17) is 24.5 Å². The van der Waals surface area contributed by atoms with E-state index >= 15 is 4.79 Å². The Bertz CT molecular complexity index is 3710. The summed E-state index contributed by atoms with van der Waals surface area (Å²) in [5.74, 6) is -2.22. The fourth-order valence-electron chi connectivity index (χ4n) is 10.8. The highest BCUT2D eigenvalue weighted by atomic mass is 32.2. The molecule has 12 nitrogen and oxygen atoms in total. The van der Waals surface area contributed by atoms with Crippen molar-refractivity contribution in [3.63, 3.8) is 0 Å². The van der Waals surface area contributed by atoms with Crippen LogP contribution in [0.1, 0.15) is 63.2 Å². The summed E-state index contributed by atoms with van der Waals surface area (Å²) >= 11 is 2.63. The van der Waals surface area contributed by atoms with E-state index < -0.39 is 52.4 Å². The fourth-order valence-corrected chi connectivity index (χ4v) is 12.9. The number of amides is 2. The standard InChI is InChI=1S/C69H53N5O7S2/c1-46-42-56(79-65(46)77)43-49-44-82-64-59(63(76)74(64)60(49)66(78)80-61(47-26-10-2-11-27-47)48-28-12-3-13-29-48)71-62(75)58(73-81-69(53-36-20-7-21-37-53,54-38-22-8-23-39-54)55-40-24-9-25-41-55)57-45-83-67(70-57)72-68(50-30-14-4-15-31-50,51-32-16-5-17-33-51)52-34-18-6-19-35-52/h2-43,45,59,61,64H,44H2,1H3,(H,70,72)(H,71,75)/t59-,64+/m1/s1. The topological polar surface area (TPSA) is 149 Å². The largest absolute Gasteiger partial charge is 0.448 e. The number of oxime groups is 1. The van der Waals surface area contributed by atoms with E-state index in [0.29, 0.717) is 27.4 Å². The molecule has 9 aromatic rings. The lowest BCUT2D eigenvalue weighted by Crippen LogP contribution is -2.71. The molecule has 14 heteroatoms. The molecular weight excluding hydrogens is 1070 g/mol. The van der Waals surface area contributed by atoms with Crippen LogP contribution in [0.15, 0.2) is 288 Å². The molecule has 408 valence electrons. The molecule has 4 heterocycles. The molecule has 0 unspecified atom stereocenters. The molecule has 83 heavy (non-hydrogen) atoms. The number of fused-ring (bicyclic) bond motifs is 1. The van der Waals surface area contributed by atoms with Gasteiger partial charge in [0.15, 0.2) is 16.9 Å². The van der Waals surface area contributed by atoms with E-state index in [1.54, 1.807) is 24.5 Å². The molecule has 0 bridgehead atoms. The Morgan fingerprint density at radius 3 is 1.54 bits per heavy atom. The zero-order valence-electron chi connectivity index (χ0n) is 44.8. The molecular formula is C69H53N5O7S2. The van der Waals surface area contributed by atoms with Gasteiger partial charge in [0, 0.05) is 33.4 Å². The number of ether oxygens (including phenoxy) is 2. The van der Waals surface area contributed by atoms with E-state index in [9.17, 15) is 14.4 Å². The SMILES string of the molecule is CC1=CC(=CC2=C(C(=O)OC(c3ccccc3)c3ccccc3)N3C(=O)[C@@H](NC(=O)C(=NOC(c4ccccc4)(c4ccccc4)c4ccccc4)c4csc(NC(c5ccccc5)(c5ccccc5)c5ccccc5)n4)[C@@H]3SC2)OC1=O. The summed E-state index contributed by atoms with van der Waals surface area (Å²) in [7, 11) is 0. The van der Waals surface area contributed by atoms with Gasteiger partial charge in [0.05, 0.1) is 0 Å². The van der Waals surface area contributed by atoms with Gasteiger partial charge in [-0.05, 0) is 52.5 Å². The number of carbonyl (C=O) groups is 4. The van der Waals surface area contributed by atoms with Crippen LogP contribution >= 0.6 is 23.1 Å². The number of hydrogen-bond donors (Lipinski definition) is 2. The summed E-state index contributed by atoms with van der Waals surface area (Å²) in [6.07, 6.45) is 2.33. The number of nitrogens with zero attached hydrogens (tertiary/aromatic N) is 3. The van der Waals surface area contributed by atoms with Gasteiger partial charge >= 0.3 is 11.9 Å². The third-order valence-electron chi connectivity index (χ3n) is 14.8. The van der Waals surface area contributed by atoms with E-state index in [2.05, 4.69) is 47.0 Å². The zero-order valence-corrected chi connectivity index (χ0v) is 46.4. The molecule has 2 N–H and O–H groups in total. The number of β-lactam (4-membered cyclic amide) rings is 1. The summed E-state index contributed by atoms with van der Waals surface area (Å²) in [4.78, 5) is 71.6. The number of hydrogen-bond acceptors (Lipinski definition) is 12. The van der Waals surface area contributed by atoms with Crippen molar-refractivity contribution in [1.29, 1.82) is 0 Å². The Morgan fingerprint density at radius 1 is 0.651 bits per heavy atom. The van der Waals surface area contributed by atoms with Crippen LogP contribution in [0.4, 0.5) is 5.13 Å². The van der Waals surface area contributed by atoms with Crippen LogP contribution in [0.25, 0.3) is 0 Å². The van der Waals surface area contributed by atoms with E-state index in [-0.39, 0.29) is 28.6 Å². The summed E-state index contributed by atoms with van der Waals surface area (Å²) in [6.45, 7) is 1.64. The number of allylic oxidation sites excluding steroid dienone is 2. The first-order chi connectivity index (χ1) is 40.7. The van der Waals surface area contributed by atoms with E-state index in [1.807, 2.05) is 206 Å². The second-order valence-electron chi connectivity index (χ2n) is 19.9. The fraction of sp³-hybridized carbons (Fsp3) is 0.101. The molecule has 0 saturated carbocycles. The van der Waals surface area contributed by atoms with Crippen molar-refractivity contribution >= 4 is 57.7 Å². The highest BCUT2D eigenvalue weighted by Gasteiger charge is 2.55. The quantitative estimate of drug-likeness (QED) is 0.0280. The van der Waals surface area contributed by atoms with Gasteiger partial charge in [-0.1, -0.05) is 248 Å². The molecule has 3 aliphatic rings. The predicted octanol–water partition coefficient (Wildman–Crippen LogP) is 12.6. The Kier molecular flexibility index (Phi) is 15.3. The lowest BCUT2D eigenvalue weighted by Gasteiger charge is -2.49. The van der Waals surface area contributed by atoms with Crippen LogP contribution < -0.4 is 10.6 Å². The van der Waals surface area contributed by atoms with Crippen molar-refractivity contribution in [3.8, 4) is 0 Å². The monoisotopic (exact) mass is 1130 g/mol. The van der Waals surface area contributed by atoms with Crippen LogP contribution in [0.3, 0.4) is 0 Å². The molecule has 0 spiro atoms. The van der Waals surface area contributed by atoms with Crippen molar-refractivity contribution in [2.45, 2.75) is 35.6 Å². The molecule has 1 aromatic heterocycles. The van der Waals surface area contributed by atoms with E-state index in [1.165, 1.54) is 28.0 Å². The van der Waals surface area contributed by atoms with Gasteiger partial charge in [-0.15, -0.1) is 23.1 Å². The minimum atomic E-state index is -1.40. The van der Waals surface area contributed by atoms with Crippen LogP contribution in [0.5, 0.6) is 0 Å². The minimum absolute atomic E-state index is 0.0350. The number of esters is 2. The second-order valence-corrected chi connectivity index (χ2v) is 21.9. The number of benzene rings is 8. The summed E-state index contributed by atoms with van der Waals surface area (Å²) in [5.41, 5.74) is 4.83. The van der Waals surface area contributed by atoms with Crippen LogP contribution in [-0.4, -0.2) is 56.5 Å². The number of anilines is 1. The molecule has 3 aliphatic heterocycles. The average molecular weight is 1130 g/mol. The van der Waals surface area contributed by atoms with Gasteiger partial charge in [0.2, 0.25) is 5.60 Å². The third kappa shape index (κ3) is 10.6. The Morgan fingerprint density at radius 2 is 1.10 bits per heavy atom. The minimum Gasteiger partial charge on any atom is -0.448 e. The maximum atomic E-state index is 15.6. The van der Waals surface area contributed by atoms with Crippen LogP contribution in [0.2, 0.25) is 0 Å². The molecule has 12 rings (SSSR count). The van der Waals surface area contributed by atoms with Crippen LogP contribution in [0, 0.1) is 0 Å². The number of nitrogens with one attached hydrogen (secondary N) is 2. The van der Waals surface area contributed by atoms with Gasteiger partial charge in [0.25, 0.3) is 11.8 Å². The number of cyclic esters (lactones) is 1. The van der Waals surface area contributed by atoms with Crippen molar-refractivity contribution in [2.24, 2.45) is 5.16 Å². The number of thioether (sulfide) groups is 1. The van der Waals surface area contributed by atoms with Crippen molar-refractivity contribution in [3.05, 3.63) is 333 Å². The first-order valence-electron chi connectivity index (χ1n) is 27.0. The van der Waals surface area contributed by atoms with Gasteiger partial charge in [0.1, 0.15) is 34.1 Å². The number of aromatic nitrogens is 1. The number of thiazole rings is 1. The molecule has 2 amide bonds. The molecule has 8 aromatic carbocycles. The van der Waals surface area contributed by atoms with Gasteiger partial charge in [-0.3, -0.25) is 14.5 Å². The first kappa shape index (κ1) is 53.7. The van der Waals surface area contributed by atoms with E-state index in [0.717, 1.165) is 33.4 Å². The lowest BCUT2D eigenvalue weighted by atomic mass is 9.77. The molecule has 0 radical (unpaired) electrons. The third-order valence-corrected chi connectivity index (χ3v) is 16.9. The second kappa shape index (κ2) is 23.7. The lowest BCUT2D eigenvalue weighted by molar-refractivity contribution is -0.154. The highest BCUT2D eigenvalue weighted by Crippen LogP contribution is 2.45. The maximum Gasteiger partial charge on any atom is 0.356 e. The smallest absolute Gasteiger partial charge is 0.356 e. The molecule has 2 atom stereocenters. The molecule has 1 fully saturated rings. The summed E-state index contributed by atoms with van der Waals surface area (Å²) < 4.78 is 12.0. The number of rotatable bonds is 18. The normalized spacial score (nSPS) is 16.6. The summed E-state index contributed by atoms with van der Waals surface area (Å²) in [6, 6.07) is 76.9.